The molecular weight excluding hydrogens is 648 g/mol. The lowest BCUT2D eigenvalue weighted by Crippen LogP contribution is -2.68. The second-order valence-corrected chi connectivity index (χ2v) is 16.7. The van der Waals surface area contributed by atoms with Gasteiger partial charge in [0.2, 0.25) is 5.36 Å². The minimum Gasteiger partial charge on any atom is -0.481 e. The Morgan fingerprint density at radius 3 is 2.21 bits per heavy atom. The van der Waals surface area contributed by atoms with Crippen molar-refractivity contribution in [2.45, 2.75) is 97.1 Å². The Morgan fingerprint density at radius 1 is 1.04 bits per heavy atom. The predicted octanol–water partition coefficient (Wildman–Crippen LogP) is -0.0699. The smallest absolute Gasteiger partial charge is 0.303 e. The normalized spacial score (nSPS) is 20.4. The average Bonchev–Trinajstić information content (AvgIpc) is 2.87. The van der Waals surface area contributed by atoms with Crippen LogP contribution in [0, 0.1) is 10.2 Å². The van der Waals surface area contributed by atoms with Gasteiger partial charge in [0.15, 0.2) is 5.54 Å². The van der Waals surface area contributed by atoms with E-state index < -0.39 is 37.6 Å². The summed E-state index contributed by atoms with van der Waals surface area (Å²) in [6, 6.07) is 8.99. The maximum Gasteiger partial charge on any atom is 0.303 e. The highest BCUT2D eigenvalue weighted by atomic mass is 35.7. The lowest BCUT2D eigenvalue weighted by atomic mass is 9.69. The largest absolute Gasteiger partial charge is 0.481 e. The van der Waals surface area contributed by atoms with Gasteiger partial charge in [-0.1, -0.05) is 20.8 Å². The van der Waals surface area contributed by atoms with Gasteiger partial charge in [0.05, 0.1) is 5.56 Å². The van der Waals surface area contributed by atoms with Crippen LogP contribution in [-0.4, -0.2) is 54.0 Å². The van der Waals surface area contributed by atoms with Crippen LogP contribution in [0.5, 0.6) is 0 Å². The van der Waals surface area contributed by atoms with Crippen molar-refractivity contribution in [3.63, 3.8) is 0 Å². The molecule has 2 heterocycles. The van der Waals surface area contributed by atoms with Crippen LogP contribution < -0.4 is 38.7 Å². The fourth-order valence-electron chi connectivity index (χ4n) is 7.86. The molecule has 0 aromatic heterocycles. The molecule has 0 spiro atoms. The molecule has 1 aliphatic carbocycles. The summed E-state index contributed by atoms with van der Waals surface area (Å²) in [5.41, 5.74) is 6.66. The van der Waals surface area contributed by atoms with Crippen molar-refractivity contribution in [1.29, 1.82) is 0 Å². The van der Waals surface area contributed by atoms with E-state index in [0.29, 0.717) is 24.5 Å². The number of nitrogens with zero attached hydrogens (tertiary/aromatic N) is 2. The van der Waals surface area contributed by atoms with Crippen LogP contribution in [0.1, 0.15) is 108 Å². The van der Waals surface area contributed by atoms with E-state index >= 15 is 0 Å². The Hall–Kier alpha value is -2.84. The number of anilines is 1. The van der Waals surface area contributed by atoms with Crippen LogP contribution in [0.25, 0.3) is 11.6 Å². The molecule has 0 bridgehead atoms. The van der Waals surface area contributed by atoms with Gasteiger partial charge < -0.3 is 10.0 Å². The Balaban J connectivity index is 0.000000930. The number of carboxylic acid groups (broad SMARTS) is 1. The zero-order valence-electron chi connectivity index (χ0n) is 28.2. The fraction of sp³-hybridized carbons (Fsp3) is 0.529. The zero-order valence-corrected chi connectivity index (χ0v) is 29.8. The fourth-order valence-corrected chi connectivity index (χ4v) is 8.50. The summed E-state index contributed by atoms with van der Waals surface area (Å²) < 4.78 is 70.1. The predicted molar refractivity (Wildman–Crippen MR) is 169 cm³/mol. The maximum absolute atomic E-state index is 12.0. The quantitative estimate of drug-likeness (QED) is 0.293. The van der Waals surface area contributed by atoms with Crippen LogP contribution in [0.2, 0.25) is 0 Å². The van der Waals surface area contributed by atoms with E-state index in [1.807, 2.05) is 6.08 Å². The first kappa shape index (κ1) is 37.0. The Labute approximate surface area is 278 Å². The molecule has 47 heavy (non-hydrogen) atoms. The first-order chi connectivity index (χ1) is 21.4. The highest BCUT2D eigenvalue weighted by Gasteiger charge is 2.41. The van der Waals surface area contributed by atoms with Gasteiger partial charge in [-0.2, -0.15) is 8.42 Å². The van der Waals surface area contributed by atoms with Crippen molar-refractivity contribution in [1.82, 2.24) is 4.58 Å². The van der Waals surface area contributed by atoms with Crippen LogP contribution in [0.3, 0.4) is 0 Å². The van der Waals surface area contributed by atoms with Crippen molar-refractivity contribution >= 4 is 33.4 Å². The summed E-state index contributed by atoms with van der Waals surface area (Å²) in [5.74, 6) is -0.835. The molecule has 2 aromatic carbocycles. The number of halogens is 1. The number of hydrogen-bond donors (Lipinski definition) is 2. The maximum atomic E-state index is 12.0. The molecule has 5 rings (SSSR count). The van der Waals surface area contributed by atoms with Crippen molar-refractivity contribution in [2.75, 3.05) is 23.7 Å². The van der Waals surface area contributed by atoms with Crippen molar-refractivity contribution in [2.24, 2.45) is 0 Å². The van der Waals surface area contributed by atoms with Gasteiger partial charge >= 0.3 is 5.97 Å². The highest BCUT2D eigenvalue weighted by Crippen LogP contribution is 2.47. The topological polar surface area (TPSA) is 190 Å². The molecule has 1 unspecified atom stereocenters. The monoisotopic (exact) mass is 692 g/mol. The van der Waals surface area contributed by atoms with E-state index in [-0.39, 0.29) is 17.4 Å². The lowest BCUT2D eigenvalue weighted by Gasteiger charge is -2.48. The molecule has 0 saturated carbocycles. The van der Waals surface area contributed by atoms with Crippen LogP contribution in [-0.2, 0) is 20.3 Å². The molecular formula is C34H45ClN2O9S. The van der Waals surface area contributed by atoms with Crippen molar-refractivity contribution in [3.05, 3.63) is 68.7 Å². The van der Waals surface area contributed by atoms with Gasteiger partial charge in [0, 0.05) is 49.5 Å². The second-order valence-electron chi connectivity index (χ2n) is 14.5. The van der Waals surface area contributed by atoms with Crippen molar-refractivity contribution in [3.8, 4) is 0 Å². The molecule has 2 N–H and O–H groups in total. The molecule has 1 atom stereocenters. The molecule has 0 saturated heterocycles. The summed E-state index contributed by atoms with van der Waals surface area (Å²) in [6.45, 7) is 19.0. The molecule has 258 valence electrons. The van der Waals surface area contributed by atoms with Gasteiger partial charge in [-0.3, -0.25) is 9.35 Å². The Kier molecular flexibility index (Phi) is 9.88. The lowest BCUT2D eigenvalue weighted by molar-refractivity contribution is -2.00. The standard InChI is InChI=1S/C34H44N2O5S.ClHO4/c1-9-35-30-17-28-23(15-26(30)24(19-33(35,5)6)20-42(39,40)41)13-22-14-25-21(2)18-32(3,4)36(12-10-11-31(37)38)29(25)16-27(22)34(28,7)8;2-1(3,4)5/h13-17,19,21H,9-12,18,20H2,1-8H3,(H-,37,38,39,40,41);(H,2,3,4,5). The average molecular weight is 693 g/mol. The van der Waals surface area contributed by atoms with Gasteiger partial charge in [-0.15, -0.1) is 10.2 Å². The van der Waals surface area contributed by atoms with Crippen LogP contribution >= 0.6 is 0 Å². The molecule has 3 aliphatic rings. The van der Waals surface area contributed by atoms with Crippen LogP contribution in [0.15, 0.2) is 30.3 Å². The molecule has 0 amide bonds. The number of likely N-dealkylation sites (N-methyl/N-ethyl adjacent to an activating group) is 1. The number of carboxylic acids is 1. The molecule has 11 nitrogen and oxygen atoms in total. The summed E-state index contributed by atoms with van der Waals surface area (Å²) in [4.78, 5) is 13.7. The number of carbonyl (C=O) groups is 1. The first-order valence-corrected chi connectivity index (χ1v) is 18.5. The molecule has 13 heteroatoms. The molecule has 2 aliphatic heterocycles. The summed E-state index contributed by atoms with van der Waals surface area (Å²) in [6.07, 6.45) is 5.92. The minimum atomic E-state index is -4.94. The summed E-state index contributed by atoms with van der Waals surface area (Å²) in [5, 5.41) is 11.3. The number of aliphatic carboxylic acids is 1. The number of hydrogen-bond acceptors (Lipinski definition) is 8. The summed E-state index contributed by atoms with van der Waals surface area (Å²) >= 11 is 0. The molecule has 0 radical (unpaired) electrons. The van der Waals surface area contributed by atoms with E-state index in [1.54, 1.807) is 0 Å². The Bertz CT molecular complexity index is 1850. The second kappa shape index (κ2) is 12.6. The van der Waals surface area contributed by atoms with Gasteiger partial charge in [-0.25, -0.2) is 23.2 Å². The van der Waals surface area contributed by atoms with E-state index in [0.717, 1.165) is 34.7 Å². The zero-order chi connectivity index (χ0) is 35.5. The molecule has 0 fully saturated rings. The third-order valence-corrected chi connectivity index (χ3v) is 10.3. The minimum absolute atomic E-state index is 0.0956. The first-order valence-electron chi connectivity index (χ1n) is 15.6. The van der Waals surface area contributed by atoms with E-state index in [2.05, 4.69) is 95.2 Å². The van der Waals surface area contributed by atoms with E-state index in [4.69, 9.17) is 18.6 Å². The number of rotatable bonds is 7. The van der Waals surface area contributed by atoms with Crippen LogP contribution in [0.4, 0.5) is 5.69 Å². The number of fused-ring (bicyclic) bond motifs is 4. The van der Waals surface area contributed by atoms with Gasteiger partial charge in [0.1, 0.15) is 12.3 Å². The van der Waals surface area contributed by atoms with Crippen molar-refractivity contribution < 1.29 is 51.8 Å². The van der Waals surface area contributed by atoms with Gasteiger partial charge in [-0.05, 0) is 103 Å². The van der Waals surface area contributed by atoms with E-state index in [1.165, 1.54) is 22.4 Å². The van der Waals surface area contributed by atoms with Gasteiger partial charge in [0.25, 0.3) is 10.1 Å². The van der Waals surface area contributed by atoms with E-state index in [9.17, 15) is 22.9 Å². The summed E-state index contributed by atoms with van der Waals surface area (Å²) in [7, 11) is -9.16. The molecule has 2 aromatic rings. The number of benzene rings is 2. The SMILES string of the molecule is CC[N+]1=c2cc3c(cc2C(CS(=O)(=O)O)=CC1(C)C)=Cc1cc2c(cc1C3(C)C)N(CCCC(=O)O)C(C)(C)CC2C.[O-][Cl+3]([O-])([O-])[O-]. The Morgan fingerprint density at radius 2 is 1.66 bits per heavy atom. The highest BCUT2D eigenvalue weighted by molar-refractivity contribution is 7.86. The third-order valence-electron chi connectivity index (χ3n) is 9.67. The third kappa shape index (κ3) is 7.91.